The molecule has 11 nitrogen and oxygen atoms in total. The number of nitrogens with one attached hydrogen (secondary N) is 3. The normalized spacial score (nSPS) is 17.8. The van der Waals surface area contributed by atoms with Crippen LogP contribution >= 0.6 is 11.6 Å². The van der Waals surface area contributed by atoms with Gasteiger partial charge in [0.05, 0.1) is 30.8 Å². The molecule has 0 saturated heterocycles. The third-order valence-electron chi connectivity index (χ3n) is 6.16. The minimum absolute atomic E-state index is 0.110. The van der Waals surface area contributed by atoms with E-state index in [4.69, 9.17) is 16.3 Å². The number of carbonyl (C=O) groups excluding carboxylic acids is 1. The second-order valence-corrected chi connectivity index (χ2v) is 11.6. The van der Waals surface area contributed by atoms with E-state index in [0.717, 1.165) is 18.9 Å². The first kappa shape index (κ1) is 28.8. The summed E-state index contributed by atoms with van der Waals surface area (Å²) >= 11 is 6.32. The molecule has 1 heterocycles. The van der Waals surface area contributed by atoms with Crippen molar-refractivity contribution < 1.29 is 22.3 Å². The largest absolute Gasteiger partial charge is 0.495 e. The molecule has 1 aliphatic carbocycles. The number of hydrogen-bond acceptors (Lipinski definition) is 9. The van der Waals surface area contributed by atoms with E-state index in [1.54, 1.807) is 7.05 Å². The molecular weight excluding hydrogens is 525 g/mol. The van der Waals surface area contributed by atoms with Gasteiger partial charge in [0.2, 0.25) is 16.0 Å². The molecule has 2 aromatic rings. The maximum Gasteiger partial charge on any atom is 0.254 e. The van der Waals surface area contributed by atoms with E-state index >= 15 is 0 Å². The summed E-state index contributed by atoms with van der Waals surface area (Å²) in [5, 5.41) is 9.07. The molecule has 37 heavy (non-hydrogen) atoms. The van der Waals surface area contributed by atoms with Crippen LogP contribution in [0.1, 0.15) is 29.6 Å². The fourth-order valence-electron chi connectivity index (χ4n) is 4.10. The van der Waals surface area contributed by atoms with E-state index in [2.05, 4.69) is 25.9 Å². The first-order chi connectivity index (χ1) is 17.4. The Morgan fingerprint density at radius 3 is 2.65 bits per heavy atom. The minimum Gasteiger partial charge on any atom is -0.495 e. The highest BCUT2D eigenvalue weighted by Crippen LogP contribution is 2.32. The number of sulfonamides is 1. The van der Waals surface area contributed by atoms with Gasteiger partial charge in [-0.2, -0.15) is 4.98 Å². The van der Waals surface area contributed by atoms with Crippen LogP contribution in [-0.2, 0) is 10.0 Å². The third-order valence-corrected chi connectivity index (χ3v) is 7.75. The zero-order valence-electron chi connectivity index (χ0n) is 21.5. The Balaban J connectivity index is 1.79. The second kappa shape index (κ2) is 12.2. The van der Waals surface area contributed by atoms with E-state index < -0.39 is 21.7 Å². The smallest absolute Gasteiger partial charge is 0.254 e. The minimum atomic E-state index is -3.37. The van der Waals surface area contributed by atoms with Gasteiger partial charge in [0.15, 0.2) is 5.82 Å². The molecule has 0 aliphatic heterocycles. The van der Waals surface area contributed by atoms with Gasteiger partial charge >= 0.3 is 0 Å². The number of carbonyl (C=O) groups is 1. The second-order valence-electron chi connectivity index (χ2n) is 9.13. The van der Waals surface area contributed by atoms with Crippen molar-refractivity contribution in [1.29, 1.82) is 0 Å². The number of methoxy groups -OCH3 is 1. The van der Waals surface area contributed by atoms with Crippen LogP contribution in [0.25, 0.3) is 0 Å². The number of rotatable bonds is 11. The van der Waals surface area contributed by atoms with Crippen molar-refractivity contribution >= 4 is 45.0 Å². The molecule has 1 amide bonds. The van der Waals surface area contributed by atoms with Gasteiger partial charge in [0, 0.05) is 38.3 Å². The molecule has 1 aromatic carbocycles. The number of aromatic nitrogens is 2. The first-order valence-electron chi connectivity index (χ1n) is 11.7. The highest BCUT2D eigenvalue weighted by molar-refractivity contribution is 7.88. The number of benzene rings is 1. The standard InChI is InChI=1S/C23H33ClFN7O4S/c1-31(2)10-9-26-22(33)14-11-20(36-4)18(12-16(14)25)29-23-27-13-15(24)21(30-23)28-17-7-6-8-19(17)32(3)37(5,34)35/h11-13,17,19H,6-10H2,1-5H3,(H,26,33)(H2,27,28,29,30)/t17-,19-/m1/s1. The van der Waals surface area contributed by atoms with Crippen LogP contribution in [0.4, 0.5) is 21.8 Å². The summed E-state index contributed by atoms with van der Waals surface area (Å²) in [5.41, 5.74) is 0.0662. The maximum absolute atomic E-state index is 14.8. The van der Waals surface area contributed by atoms with Gasteiger partial charge in [0.25, 0.3) is 5.91 Å². The average Bonchev–Trinajstić information content (AvgIpc) is 3.27. The molecular formula is C23H33ClFN7O4S. The van der Waals surface area contributed by atoms with Crippen LogP contribution in [-0.4, -0.2) is 93.2 Å². The number of amides is 1. The molecule has 3 N–H and O–H groups in total. The summed E-state index contributed by atoms with van der Waals surface area (Å²) in [6.45, 7) is 0.977. The van der Waals surface area contributed by atoms with Crippen molar-refractivity contribution in [2.75, 3.05) is 58.2 Å². The van der Waals surface area contributed by atoms with E-state index in [9.17, 15) is 17.6 Å². The number of halogens is 2. The van der Waals surface area contributed by atoms with Gasteiger partial charge < -0.3 is 25.6 Å². The Kier molecular flexibility index (Phi) is 9.51. The van der Waals surface area contributed by atoms with E-state index in [1.165, 1.54) is 29.9 Å². The number of hydrogen-bond donors (Lipinski definition) is 3. The van der Waals surface area contributed by atoms with Gasteiger partial charge in [-0.1, -0.05) is 11.6 Å². The monoisotopic (exact) mass is 557 g/mol. The Labute approximate surface area is 221 Å². The SMILES string of the molecule is COc1cc(C(=O)NCCN(C)C)c(F)cc1Nc1ncc(Cl)c(N[C@@H]2CCC[C@H]2N(C)S(C)(=O)=O)n1. The predicted molar refractivity (Wildman–Crippen MR) is 142 cm³/mol. The number of anilines is 3. The molecule has 1 aliphatic rings. The van der Waals surface area contributed by atoms with E-state index in [1.807, 2.05) is 19.0 Å². The molecule has 1 aromatic heterocycles. The van der Waals surface area contributed by atoms with Crippen molar-refractivity contribution in [3.05, 3.63) is 34.7 Å². The zero-order valence-corrected chi connectivity index (χ0v) is 23.1. The van der Waals surface area contributed by atoms with Gasteiger partial charge in [-0.3, -0.25) is 4.79 Å². The fraction of sp³-hybridized carbons (Fsp3) is 0.522. The maximum atomic E-state index is 14.8. The highest BCUT2D eigenvalue weighted by Gasteiger charge is 2.35. The number of nitrogens with zero attached hydrogens (tertiary/aromatic N) is 4. The van der Waals surface area contributed by atoms with Crippen LogP contribution in [0.5, 0.6) is 5.75 Å². The predicted octanol–water partition coefficient (Wildman–Crippen LogP) is 2.54. The summed E-state index contributed by atoms with van der Waals surface area (Å²) in [6, 6.07) is 2.00. The van der Waals surface area contributed by atoms with Crippen LogP contribution < -0.4 is 20.7 Å². The highest BCUT2D eigenvalue weighted by atomic mass is 35.5. The summed E-state index contributed by atoms with van der Waals surface area (Å²) < 4.78 is 45.6. The molecule has 3 rings (SSSR count). The number of ether oxygens (including phenoxy) is 1. The molecule has 14 heteroatoms. The summed E-state index contributed by atoms with van der Waals surface area (Å²) in [4.78, 5) is 22.9. The van der Waals surface area contributed by atoms with E-state index in [-0.39, 0.29) is 40.1 Å². The van der Waals surface area contributed by atoms with Gasteiger partial charge in [0.1, 0.15) is 16.6 Å². The average molecular weight is 558 g/mol. The topological polar surface area (TPSA) is 129 Å². The lowest BCUT2D eigenvalue weighted by Crippen LogP contribution is -2.44. The Morgan fingerprint density at radius 1 is 1.27 bits per heavy atom. The molecule has 0 unspecified atom stereocenters. The van der Waals surface area contributed by atoms with Crippen molar-refractivity contribution in [1.82, 2.24) is 24.5 Å². The summed E-state index contributed by atoms with van der Waals surface area (Å²) in [5.74, 6) is -0.648. The van der Waals surface area contributed by atoms with Gasteiger partial charge in [-0.15, -0.1) is 0 Å². The quantitative estimate of drug-likeness (QED) is 0.381. The zero-order chi connectivity index (χ0) is 27.3. The molecule has 1 saturated carbocycles. The Morgan fingerprint density at radius 2 is 2.00 bits per heavy atom. The van der Waals surface area contributed by atoms with Gasteiger partial charge in [-0.05, 0) is 39.4 Å². The summed E-state index contributed by atoms with van der Waals surface area (Å²) in [6.07, 6.45) is 4.86. The van der Waals surface area contributed by atoms with Crippen LogP contribution in [0.2, 0.25) is 5.02 Å². The van der Waals surface area contributed by atoms with Crippen molar-refractivity contribution in [2.45, 2.75) is 31.3 Å². The van der Waals surface area contributed by atoms with Crippen LogP contribution in [0.3, 0.4) is 0 Å². The molecule has 0 bridgehead atoms. The lowest BCUT2D eigenvalue weighted by molar-refractivity contribution is 0.0946. The molecule has 204 valence electrons. The summed E-state index contributed by atoms with van der Waals surface area (Å²) in [7, 11) is 3.34. The fourth-order valence-corrected chi connectivity index (χ4v) is 4.99. The first-order valence-corrected chi connectivity index (χ1v) is 13.9. The Bertz CT molecular complexity index is 1230. The lowest BCUT2D eigenvalue weighted by Gasteiger charge is -2.28. The Hall–Kier alpha value is -2.74. The van der Waals surface area contributed by atoms with Crippen LogP contribution in [0, 0.1) is 5.82 Å². The van der Waals surface area contributed by atoms with Crippen molar-refractivity contribution in [2.24, 2.45) is 0 Å². The lowest BCUT2D eigenvalue weighted by atomic mass is 10.1. The molecule has 0 radical (unpaired) electrons. The van der Waals surface area contributed by atoms with Crippen LogP contribution in [0.15, 0.2) is 18.3 Å². The number of likely N-dealkylation sites (N-methyl/N-ethyl adjacent to an activating group) is 2. The van der Waals surface area contributed by atoms with Crippen molar-refractivity contribution in [3.8, 4) is 5.75 Å². The van der Waals surface area contributed by atoms with E-state index in [0.29, 0.717) is 25.3 Å². The molecule has 1 fully saturated rings. The third kappa shape index (κ3) is 7.40. The molecule has 0 spiro atoms. The molecule has 2 atom stereocenters. The van der Waals surface area contributed by atoms with Gasteiger partial charge in [-0.25, -0.2) is 22.1 Å². The van der Waals surface area contributed by atoms with Crippen molar-refractivity contribution in [3.63, 3.8) is 0 Å².